The predicted molar refractivity (Wildman–Crippen MR) is 543 cm³/mol. The second kappa shape index (κ2) is 42.0. The van der Waals surface area contributed by atoms with Crippen molar-refractivity contribution < 1.29 is 37.4 Å². The van der Waals surface area contributed by atoms with Crippen molar-refractivity contribution in [3.63, 3.8) is 0 Å². The van der Waals surface area contributed by atoms with Crippen molar-refractivity contribution in [2.75, 3.05) is 142 Å². The molecule has 7 aliphatic heterocycles. The lowest BCUT2D eigenvalue weighted by atomic mass is 9.78. The van der Waals surface area contributed by atoms with Crippen molar-refractivity contribution in [1.29, 1.82) is 0 Å². The number of nitrogens with one attached hydrogen (secondary N) is 4. The third-order valence-electron chi connectivity index (χ3n) is 26.6. The zero-order valence-corrected chi connectivity index (χ0v) is 81.6. The molecule has 10 aliphatic rings. The summed E-state index contributed by atoms with van der Waals surface area (Å²) < 4.78 is 39.6. The Hall–Kier alpha value is -11.9. The second-order valence-corrected chi connectivity index (χ2v) is 42.4. The summed E-state index contributed by atoms with van der Waals surface area (Å²) in [4.78, 5) is 107. The maximum atomic E-state index is 14.3. The number of ketones is 2. The third kappa shape index (κ3) is 22.7. The van der Waals surface area contributed by atoms with E-state index in [-0.39, 0.29) is 51.4 Å². The molecule has 136 heavy (non-hydrogen) atoms. The van der Waals surface area contributed by atoms with Gasteiger partial charge in [-0.05, 0) is 234 Å². The van der Waals surface area contributed by atoms with Gasteiger partial charge in [0.25, 0.3) is 11.8 Å². The lowest BCUT2D eigenvalue weighted by Gasteiger charge is -2.35. The predicted octanol–water partition coefficient (Wildman–Crippen LogP) is 19.7. The summed E-state index contributed by atoms with van der Waals surface area (Å²) in [6.07, 6.45) is 31.2. The van der Waals surface area contributed by atoms with Gasteiger partial charge >= 0.3 is 0 Å². The highest BCUT2D eigenvalue weighted by Crippen LogP contribution is 2.45. The van der Waals surface area contributed by atoms with Crippen molar-refractivity contribution in [2.24, 2.45) is 10.8 Å². The molecule has 4 N–H and O–H groups in total. The lowest BCUT2D eigenvalue weighted by molar-refractivity contribution is 0.0895. The van der Waals surface area contributed by atoms with Gasteiger partial charge in [0.15, 0.2) is 32.8 Å². The van der Waals surface area contributed by atoms with Crippen LogP contribution in [0.2, 0.25) is 0 Å². The number of pyridine rings is 1. The maximum Gasteiger partial charge on any atom is 0.263 e. The molecule has 0 spiro atoms. The number of carbonyl (C=O) groups excluding carboxylic acids is 4. The van der Waals surface area contributed by atoms with Crippen LogP contribution in [-0.2, 0) is 60.8 Å². The minimum atomic E-state index is -0.294. The number of H-pyrrole nitrogens is 1. The number of allylic oxidation sites excluding steroid dienone is 2. The zero-order valence-electron chi connectivity index (χ0n) is 79.2. The molecule has 5 aromatic carbocycles. The number of amides is 2. The van der Waals surface area contributed by atoms with Gasteiger partial charge in [-0.3, -0.25) is 24.2 Å². The van der Waals surface area contributed by atoms with Crippen LogP contribution in [-0.4, -0.2) is 197 Å². The molecule has 0 unspecified atom stereocenters. The number of aryl methyl sites for hydroxylation is 1. The van der Waals surface area contributed by atoms with Gasteiger partial charge in [0.1, 0.15) is 33.0 Å². The van der Waals surface area contributed by atoms with Crippen molar-refractivity contribution in [3.05, 3.63) is 240 Å². The molecule has 3 aliphatic carbocycles. The molecule has 22 rings (SSSR count). The van der Waals surface area contributed by atoms with Crippen LogP contribution >= 0.6 is 34.0 Å². The van der Waals surface area contributed by atoms with Gasteiger partial charge in [0.2, 0.25) is 5.95 Å². The molecule has 0 bridgehead atoms. The number of piperidine rings is 2. The van der Waals surface area contributed by atoms with Gasteiger partial charge in [-0.1, -0.05) is 153 Å². The Morgan fingerprint density at radius 3 is 1.99 bits per heavy atom. The number of hydrogen-bond donors (Lipinski definition) is 4. The number of halogens is 2. The summed E-state index contributed by atoms with van der Waals surface area (Å²) >= 11 is 4.71. The lowest BCUT2D eigenvalue weighted by Crippen LogP contribution is -2.48. The average molecular weight is 1890 g/mol. The molecule has 0 radical (unpaired) electrons. The molecule has 2 amide bonds. The quantitative estimate of drug-likeness (QED) is 0.0548. The molecule has 708 valence electrons. The fourth-order valence-corrected chi connectivity index (χ4v) is 22.8. The van der Waals surface area contributed by atoms with E-state index in [1.54, 1.807) is 47.1 Å². The number of anilines is 7. The summed E-state index contributed by atoms with van der Waals surface area (Å²) in [5.41, 5.74) is 18.3. The van der Waals surface area contributed by atoms with E-state index in [1.165, 1.54) is 94.8 Å². The van der Waals surface area contributed by atoms with Crippen LogP contribution < -0.4 is 40.4 Å². The molecule has 14 heterocycles. The molecule has 29 heteroatoms. The van der Waals surface area contributed by atoms with Gasteiger partial charge in [0, 0.05) is 155 Å². The number of rotatable bonds is 19. The molecule has 24 nitrogen and oxygen atoms in total. The number of Topliss-reactive ketones (excluding diaryl/α,β-unsaturated/α-hetero) is 2. The van der Waals surface area contributed by atoms with E-state index in [0.717, 1.165) is 196 Å². The number of aromatic nitrogens is 9. The summed E-state index contributed by atoms with van der Waals surface area (Å²) in [7, 11) is 3.96. The molecular formula is C107H122F2N18O6S3. The van der Waals surface area contributed by atoms with Crippen LogP contribution in [0.4, 0.5) is 47.4 Å². The number of hydrogen-bond acceptors (Lipinski definition) is 24. The number of morpholine rings is 2. The van der Waals surface area contributed by atoms with Crippen LogP contribution in [0.5, 0.6) is 0 Å². The number of ether oxygens (including phenoxy) is 2. The molecular weight excluding hydrogens is 1770 g/mol. The van der Waals surface area contributed by atoms with Crippen LogP contribution in [0.3, 0.4) is 0 Å². The van der Waals surface area contributed by atoms with E-state index < -0.39 is 0 Å². The van der Waals surface area contributed by atoms with Crippen LogP contribution in [0, 0.1) is 22.5 Å². The van der Waals surface area contributed by atoms with E-state index in [0.29, 0.717) is 107 Å². The van der Waals surface area contributed by atoms with E-state index in [2.05, 4.69) is 193 Å². The highest BCUT2D eigenvalue weighted by molar-refractivity contribution is 7.18. The standard InChI is InChI=1S/C24H24FN5O.C23H27FN4O2.C23H28N4OS.C23H23N3OS.C14H20N2OS/c25-19-13-18-4-1-5-20(18)21(14-19)22-15-23(27-8-6-17-3-2-7-26-16-17)29-24(28-22)30-9-11-31-12-10-30;1-27(2)8-4-7-21(29)23-25-20(15-22(26-23)28-9-11-30-12-10-28)19-14-17(24)13-16-5-3-6-18(16)19;1-23(2)12-19-20(21(28)25-14-23)29-22(26-19)27-10-6-5-7-16(27)11-15-13-24-18-9-4-3-8-17(15)18;1-23(2)14-18-20(21(27)25-23)28-22(24-18)26-12-6-9-16-10-11-17(13-19(16)26)15-7-4-3-5-8-15;1-14(2)8-10-12(11(17)9-14)18-13(15-10)16-6-4-3-5-7-16/h1-3,5,7,13-16H,4,6,8-12H2,(H,27,28,29);3,6,13-15H,4-5,7-12H2,1-2H3;3-4,8-9,13,16,24H,5-7,10-12,14H2,1-2H3,(H,25,28);3-5,7-8,10-11,13H,6,9,12,14H2,1-2H3,(H,25,27);3-9H2,1-2H3/t;;16-;;/m..1../s1. The first kappa shape index (κ1) is 94.5. The summed E-state index contributed by atoms with van der Waals surface area (Å²) in [6, 6.07) is 40.1. The Kier molecular flexibility index (Phi) is 29.2. The first-order chi connectivity index (χ1) is 65.8. The summed E-state index contributed by atoms with van der Waals surface area (Å²) in [5.74, 6) is 1.99. The topological polar surface area (TPSA) is 261 Å². The SMILES string of the molecule is CC1(C)CC(=O)c2sc(N3CCCCC3)nc2C1.CC1(C)CNC(=O)c2sc(N3CCCC[C@@H]3Cc3c[nH]c4ccccc34)nc2C1.CC1(C)Cc2nc(N3CCCc4ccc(-c5ccccc5)cc43)sc2C(=O)N1.CN(C)CCCC(=O)c1nc(-c2cc(F)cc3c2C=CC3)cc(N2CCOCC2)n1.Fc1cc2c(c(-c3cc(NCCc4cccnc4)nc(N4CCOCC4)n3)c1)C=CC2. The smallest absolute Gasteiger partial charge is 0.263 e. The normalized spacial score (nSPS) is 18.2. The molecule has 12 aromatic rings. The highest BCUT2D eigenvalue weighted by Gasteiger charge is 2.39. The van der Waals surface area contributed by atoms with Crippen LogP contribution in [0.15, 0.2) is 152 Å². The number of benzene rings is 5. The molecule has 4 saturated heterocycles. The number of nitrogens with zero attached hydrogens (tertiary/aromatic N) is 14. The van der Waals surface area contributed by atoms with E-state index in [4.69, 9.17) is 34.4 Å². The van der Waals surface area contributed by atoms with Crippen molar-refractivity contribution in [3.8, 4) is 33.6 Å². The largest absolute Gasteiger partial charge is 0.378 e. The molecule has 4 fully saturated rings. The Balaban J connectivity index is 0.000000114. The van der Waals surface area contributed by atoms with E-state index in [9.17, 15) is 28.0 Å². The molecule has 0 saturated carbocycles. The van der Waals surface area contributed by atoms with Gasteiger partial charge in [-0.2, -0.15) is 4.98 Å². The number of carbonyl (C=O) groups is 4. The minimum Gasteiger partial charge on any atom is -0.378 e. The maximum absolute atomic E-state index is 14.3. The third-order valence-corrected chi connectivity index (χ3v) is 30.1. The number of para-hydroxylation sites is 1. The van der Waals surface area contributed by atoms with Gasteiger partial charge in [-0.25, -0.2) is 38.7 Å². The van der Waals surface area contributed by atoms with Gasteiger partial charge in [0.05, 0.1) is 59.8 Å². The summed E-state index contributed by atoms with van der Waals surface area (Å²) in [5, 5.41) is 13.9. The Morgan fingerprint density at radius 2 is 1.25 bits per heavy atom. The molecule has 1 atom stereocenters. The van der Waals surface area contributed by atoms with Crippen molar-refractivity contribution in [1.82, 2.24) is 60.4 Å². The highest BCUT2D eigenvalue weighted by atomic mass is 32.1. The fourth-order valence-electron chi connectivity index (χ4n) is 19.7. The first-order valence-corrected chi connectivity index (χ1v) is 50.7. The van der Waals surface area contributed by atoms with Gasteiger partial charge < -0.3 is 59.8 Å². The van der Waals surface area contributed by atoms with Gasteiger partial charge in [-0.15, -0.1) is 0 Å². The second-order valence-electron chi connectivity index (χ2n) is 39.4. The van der Waals surface area contributed by atoms with Crippen molar-refractivity contribution >= 4 is 119 Å². The van der Waals surface area contributed by atoms with E-state index in [1.807, 2.05) is 61.6 Å². The Morgan fingerprint density at radius 1 is 0.588 bits per heavy atom. The summed E-state index contributed by atoms with van der Waals surface area (Å²) in [6.45, 7) is 24.6. The average Bonchev–Trinajstić information content (AvgIpc) is 1.57. The number of aromatic amines is 1. The zero-order chi connectivity index (χ0) is 94.2. The monoisotopic (exact) mass is 1890 g/mol. The van der Waals surface area contributed by atoms with Crippen LogP contribution in [0.1, 0.15) is 201 Å². The van der Waals surface area contributed by atoms with Crippen molar-refractivity contribution in [2.45, 2.75) is 169 Å². The minimum absolute atomic E-state index is 0.00488. The number of fused-ring (bicyclic) bond motifs is 7. The number of thiazole rings is 3. The first-order valence-electron chi connectivity index (χ1n) is 48.2. The fraction of sp³-hybridized carbons (Fsp3) is 0.421. The molecule has 7 aromatic heterocycles. The van der Waals surface area contributed by atoms with E-state index >= 15 is 0 Å². The Bertz CT molecular complexity index is 6390. The Labute approximate surface area is 807 Å². The van der Waals surface area contributed by atoms with Crippen LogP contribution in [0.25, 0.3) is 56.7 Å².